The summed E-state index contributed by atoms with van der Waals surface area (Å²) in [4.78, 5) is 45.6. The second-order valence-corrected chi connectivity index (χ2v) is 20.2. The maximum absolute atomic E-state index is 12.2. The van der Waals surface area contributed by atoms with Gasteiger partial charge < -0.3 is 20.3 Å². The molecular weight excluding hydrogens is 855 g/mol. The van der Waals surface area contributed by atoms with Crippen molar-refractivity contribution < 1.29 is 9.53 Å². The van der Waals surface area contributed by atoms with Crippen LogP contribution in [0.1, 0.15) is 97.6 Å². The lowest BCUT2D eigenvalue weighted by Gasteiger charge is -2.34. The van der Waals surface area contributed by atoms with E-state index in [0.717, 1.165) is 135 Å². The zero-order valence-electron chi connectivity index (χ0n) is 39.9. The number of piperidine rings is 2. The highest BCUT2D eigenvalue weighted by molar-refractivity contribution is 6.10. The Labute approximate surface area is 405 Å². The molecule has 0 amide bonds. The number of rotatable bonds is 8. The van der Waals surface area contributed by atoms with E-state index in [9.17, 15) is 4.79 Å². The molecule has 0 radical (unpaired) electrons. The highest BCUT2D eigenvalue weighted by Crippen LogP contribution is 2.38. The Morgan fingerprint density at radius 1 is 0.551 bits per heavy atom. The third-order valence-corrected chi connectivity index (χ3v) is 14.1. The first-order valence-corrected chi connectivity index (χ1v) is 24.7. The SMILES string of the molecule is CC(C)(C)OC(=O)CC1CCN(c2ccc3c(c2)CC(c2ccc4c(c2)CC(c2ccccn2)=N4)=N3)CC1.NC1CCN(c2ccc3c(c2)CC(c2ccc4c(c2)CC(c2ccccn2)=N4)=N3)CC1. The number of nitrogens with two attached hydrogens (primary N) is 1. The maximum atomic E-state index is 12.2. The second kappa shape index (κ2) is 18.8. The molecule has 0 bridgehead atoms. The average molecular weight is 914 g/mol. The van der Waals surface area contributed by atoms with E-state index >= 15 is 0 Å². The molecule has 11 nitrogen and oxygen atoms in total. The zero-order valence-corrected chi connectivity index (χ0v) is 39.9. The van der Waals surface area contributed by atoms with E-state index in [2.05, 4.69) is 92.6 Å². The van der Waals surface area contributed by atoms with Crippen molar-refractivity contribution in [3.8, 4) is 0 Å². The van der Waals surface area contributed by atoms with Gasteiger partial charge in [0.2, 0.25) is 0 Å². The molecule has 2 fully saturated rings. The Bertz CT molecular complexity index is 3040. The van der Waals surface area contributed by atoms with Crippen molar-refractivity contribution in [2.24, 2.45) is 31.6 Å². The maximum Gasteiger partial charge on any atom is 0.306 e. The Morgan fingerprint density at radius 3 is 1.42 bits per heavy atom. The summed E-state index contributed by atoms with van der Waals surface area (Å²) in [6, 6.07) is 38.6. The van der Waals surface area contributed by atoms with Gasteiger partial charge in [0.1, 0.15) is 5.60 Å². The predicted molar refractivity (Wildman–Crippen MR) is 279 cm³/mol. The van der Waals surface area contributed by atoms with Crippen LogP contribution >= 0.6 is 0 Å². The third kappa shape index (κ3) is 9.92. The molecule has 2 aromatic heterocycles. The first-order valence-electron chi connectivity index (χ1n) is 24.7. The number of aromatic nitrogens is 2. The predicted octanol–water partition coefficient (Wildman–Crippen LogP) is 10.7. The van der Waals surface area contributed by atoms with E-state index in [4.69, 9.17) is 30.4 Å². The molecule has 6 aromatic rings. The standard InChI is InChI=1S/C32H34N4O2.C26H25N5/c1-32(2,3)38-31(37)16-21-11-14-36(15-12-21)25-8-10-27-24(18-25)19-29(34-27)22-7-9-26-23(17-22)20-30(35-26)28-6-4-5-13-33-28;27-20-8-11-31(12-9-20)21-5-7-23-19(14-21)15-25(29-23)17-4-6-22-18(13-17)16-26(30-22)24-3-1-2-10-28-24/h4-10,13,17-18,21H,11-12,14-16,19-20H2,1-3H3;1-7,10,13-14,20H,8-9,11-12,15-16,27H2. The van der Waals surface area contributed by atoms with E-state index in [1.165, 1.54) is 44.8 Å². The number of pyridine rings is 2. The molecule has 348 valence electrons. The summed E-state index contributed by atoms with van der Waals surface area (Å²) in [7, 11) is 0. The number of carbonyl (C=O) groups is 1. The average Bonchev–Trinajstić information content (AvgIpc) is 4.18. The molecule has 6 aliphatic rings. The number of hydrogen-bond donors (Lipinski definition) is 1. The molecule has 11 heteroatoms. The number of hydrogen-bond acceptors (Lipinski definition) is 11. The van der Waals surface area contributed by atoms with E-state index < -0.39 is 5.60 Å². The Kier molecular flexibility index (Phi) is 12.1. The van der Waals surface area contributed by atoms with Crippen LogP contribution in [-0.2, 0) is 35.2 Å². The number of benzene rings is 4. The summed E-state index contributed by atoms with van der Waals surface area (Å²) in [5, 5.41) is 0. The summed E-state index contributed by atoms with van der Waals surface area (Å²) in [6.45, 7) is 9.78. The number of carbonyl (C=O) groups excluding carboxylic acids is 1. The van der Waals surface area contributed by atoms with Gasteiger partial charge in [-0.1, -0.05) is 24.3 Å². The van der Waals surface area contributed by atoms with E-state index in [1.807, 2.05) is 69.6 Å². The lowest BCUT2D eigenvalue weighted by Crippen LogP contribution is -2.39. The fourth-order valence-corrected chi connectivity index (χ4v) is 10.4. The molecule has 0 unspecified atom stereocenters. The zero-order chi connectivity index (χ0) is 47.1. The number of esters is 1. The topological polar surface area (TPSA) is 134 Å². The van der Waals surface area contributed by atoms with Crippen molar-refractivity contribution in [2.75, 3.05) is 36.0 Å². The van der Waals surface area contributed by atoms with Gasteiger partial charge in [-0.25, -0.2) is 0 Å². The largest absolute Gasteiger partial charge is 0.460 e. The van der Waals surface area contributed by atoms with Gasteiger partial charge >= 0.3 is 5.97 Å². The second-order valence-electron chi connectivity index (χ2n) is 20.2. The number of nitrogens with zero attached hydrogens (tertiary/aromatic N) is 8. The van der Waals surface area contributed by atoms with E-state index in [0.29, 0.717) is 18.4 Å². The normalized spacial score (nSPS) is 17.4. The Hall–Kier alpha value is -7.11. The van der Waals surface area contributed by atoms with Crippen molar-refractivity contribution >= 4 is 62.9 Å². The van der Waals surface area contributed by atoms with Crippen molar-refractivity contribution in [1.82, 2.24) is 9.97 Å². The summed E-state index contributed by atoms with van der Waals surface area (Å²) in [5.74, 6) is 0.316. The van der Waals surface area contributed by atoms with Crippen LogP contribution in [0, 0.1) is 5.92 Å². The number of fused-ring (bicyclic) bond motifs is 4. The van der Waals surface area contributed by atoms with Gasteiger partial charge in [-0.3, -0.25) is 34.7 Å². The van der Waals surface area contributed by atoms with Crippen molar-refractivity contribution in [3.05, 3.63) is 166 Å². The van der Waals surface area contributed by atoms with Gasteiger partial charge in [0.25, 0.3) is 0 Å². The summed E-state index contributed by atoms with van der Waals surface area (Å²) < 4.78 is 5.52. The molecule has 0 saturated carbocycles. The van der Waals surface area contributed by atoms with Gasteiger partial charge in [-0.05, 0) is 171 Å². The minimum absolute atomic E-state index is 0.0794. The lowest BCUT2D eigenvalue weighted by molar-refractivity contribution is -0.156. The van der Waals surface area contributed by atoms with E-state index in [1.54, 1.807) is 0 Å². The van der Waals surface area contributed by atoms with Crippen molar-refractivity contribution in [1.29, 1.82) is 0 Å². The molecule has 6 aliphatic heterocycles. The molecule has 0 atom stereocenters. The molecule has 2 saturated heterocycles. The fraction of sp³-hybridized carbons (Fsp3) is 0.328. The molecule has 12 rings (SSSR count). The van der Waals surface area contributed by atoms with Gasteiger partial charge in [-0.15, -0.1) is 0 Å². The number of ether oxygens (including phenoxy) is 1. The lowest BCUT2D eigenvalue weighted by atomic mass is 9.93. The van der Waals surface area contributed by atoms with Crippen LogP contribution in [0.25, 0.3) is 0 Å². The minimum atomic E-state index is -0.417. The highest BCUT2D eigenvalue weighted by Gasteiger charge is 2.28. The van der Waals surface area contributed by atoms with Gasteiger partial charge in [0.15, 0.2) is 0 Å². The third-order valence-electron chi connectivity index (χ3n) is 14.1. The van der Waals surface area contributed by atoms with Crippen LogP contribution in [-0.4, -0.2) is 76.6 Å². The van der Waals surface area contributed by atoms with Gasteiger partial charge in [-0.2, -0.15) is 0 Å². The molecule has 0 aliphatic carbocycles. The molecule has 2 N–H and O–H groups in total. The van der Waals surface area contributed by atoms with Crippen molar-refractivity contribution in [2.45, 2.75) is 90.2 Å². The van der Waals surface area contributed by atoms with Crippen LogP contribution in [0.2, 0.25) is 0 Å². The monoisotopic (exact) mass is 913 g/mol. The summed E-state index contributed by atoms with van der Waals surface area (Å²) in [6.07, 6.45) is 11.6. The van der Waals surface area contributed by atoms with Crippen molar-refractivity contribution in [3.63, 3.8) is 0 Å². The minimum Gasteiger partial charge on any atom is -0.460 e. The molecule has 8 heterocycles. The molecule has 0 spiro atoms. The van der Waals surface area contributed by atoms with E-state index in [-0.39, 0.29) is 5.97 Å². The fourth-order valence-electron chi connectivity index (χ4n) is 10.4. The first-order chi connectivity index (χ1) is 33.5. The Balaban J connectivity index is 0.000000154. The molecule has 4 aromatic carbocycles. The van der Waals surface area contributed by atoms with Crippen LogP contribution < -0.4 is 15.5 Å². The van der Waals surface area contributed by atoms with Crippen LogP contribution in [0.4, 0.5) is 34.1 Å². The number of anilines is 2. The quantitative estimate of drug-likeness (QED) is 0.150. The van der Waals surface area contributed by atoms with Gasteiger partial charge in [0, 0.05) is 88.1 Å². The highest BCUT2D eigenvalue weighted by atomic mass is 16.6. The summed E-state index contributed by atoms with van der Waals surface area (Å²) in [5.41, 5.74) is 26.1. The smallest absolute Gasteiger partial charge is 0.306 e. The van der Waals surface area contributed by atoms with Crippen LogP contribution in [0.15, 0.2) is 142 Å². The van der Waals surface area contributed by atoms with Crippen LogP contribution in [0.5, 0.6) is 0 Å². The van der Waals surface area contributed by atoms with Gasteiger partial charge in [0.05, 0.1) is 57.0 Å². The molecular formula is C58H59N9O2. The first kappa shape index (κ1) is 44.4. The molecule has 69 heavy (non-hydrogen) atoms. The van der Waals surface area contributed by atoms with Crippen LogP contribution in [0.3, 0.4) is 0 Å². The summed E-state index contributed by atoms with van der Waals surface area (Å²) >= 11 is 0. The number of aliphatic imine (C=N–C) groups is 4. The Morgan fingerprint density at radius 2 is 0.971 bits per heavy atom.